The molecule has 3 nitrogen and oxygen atoms in total. The highest BCUT2D eigenvalue weighted by molar-refractivity contribution is 7.80. The number of unbranched alkanes of at least 4 members (excludes halogenated alkanes) is 1. The SMILES string of the molecule is CCCCC(CC)C(=O)NC(C(N)=S)C1CC1. The molecule has 0 spiro atoms. The Balaban J connectivity index is 2.46. The second kappa shape index (κ2) is 6.94. The fourth-order valence-corrected chi connectivity index (χ4v) is 2.34. The highest BCUT2D eigenvalue weighted by Crippen LogP contribution is 2.33. The second-order valence-electron chi connectivity index (χ2n) is 4.97. The minimum atomic E-state index is -0.0758. The van der Waals surface area contributed by atoms with Crippen LogP contribution in [0.4, 0.5) is 0 Å². The van der Waals surface area contributed by atoms with Gasteiger partial charge >= 0.3 is 0 Å². The number of nitrogens with one attached hydrogen (secondary N) is 1. The van der Waals surface area contributed by atoms with Crippen LogP contribution in [0.3, 0.4) is 0 Å². The molecule has 0 heterocycles. The summed E-state index contributed by atoms with van der Waals surface area (Å²) >= 11 is 5.02. The van der Waals surface area contributed by atoms with Crippen LogP contribution in [-0.4, -0.2) is 16.9 Å². The van der Waals surface area contributed by atoms with Crippen LogP contribution in [0, 0.1) is 11.8 Å². The summed E-state index contributed by atoms with van der Waals surface area (Å²) in [6.07, 6.45) is 6.36. The van der Waals surface area contributed by atoms with Crippen molar-refractivity contribution in [2.45, 2.75) is 58.4 Å². The summed E-state index contributed by atoms with van der Waals surface area (Å²) in [4.78, 5) is 12.5. The number of carbonyl (C=O) groups excluding carboxylic acids is 1. The Morgan fingerprint density at radius 3 is 2.53 bits per heavy atom. The van der Waals surface area contributed by atoms with Gasteiger partial charge in [-0.1, -0.05) is 38.9 Å². The zero-order valence-corrected chi connectivity index (χ0v) is 11.7. The zero-order chi connectivity index (χ0) is 12.8. The minimum Gasteiger partial charge on any atom is -0.392 e. The minimum absolute atomic E-state index is 0.0758. The van der Waals surface area contributed by atoms with Gasteiger partial charge in [0.2, 0.25) is 5.91 Å². The van der Waals surface area contributed by atoms with Crippen LogP contribution >= 0.6 is 12.2 Å². The molecule has 98 valence electrons. The van der Waals surface area contributed by atoms with E-state index in [0.717, 1.165) is 38.5 Å². The van der Waals surface area contributed by atoms with E-state index < -0.39 is 0 Å². The van der Waals surface area contributed by atoms with Gasteiger partial charge in [0.25, 0.3) is 0 Å². The summed E-state index contributed by atoms with van der Waals surface area (Å²) in [7, 11) is 0. The van der Waals surface area contributed by atoms with E-state index in [1.54, 1.807) is 0 Å². The molecule has 0 aromatic rings. The quantitative estimate of drug-likeness (QED) is 0.656. The van der Waals surface area contributed by atoms with Crippen LogP contribution in [0.25, 0.3) is 0 Å². The van der Waals surface area contributed by atoms with Gasteiger partial charge in [-0.05, 0) is 31.6 Å². The van der Waals surface area contributed by atoms with Crippen LogP contribution in [0.1, 0.15) is 52.4 Å². The normalized spacial score (nSPS) is 18.5. The smallest absolute Gasteiger partial charge is 0.223 e. The third-order valence-electron chi connectivity index (χ3n) is 3.47. The second-order valence-corrected chi connectivity index (χ2v) is 5.44. The first kappa shape index (κ1) is 14.4. The molecule has 0 saturated heterocycles. The monoisotopic (exact) mass is 256 g/mol. The predicted octanol–water partition coefficient (Wildman–Crippen LogP) is 2.38. The van der Waals surface area contributed by atoms with Gasteiger partial charge in [-0.3, -0.25) is 4.79 Å². The first-order valence-electron chi connectivity index (χ1n) is 6.69. The molecule has 1 saturated carbocycles. The molecule has 4 heteroatoms. The first-order chi connectivity index (χ1) is 8.10. The zero-order valence-electron chi connectivity index (χ0n) is 10.9. The molecule has 0 aromatic carbocycles. The van der Waals surface area contributed by atoms with Gasteiger partial charge in [-0.25, -0.2) is 0 Å². The molecule has 0 aliphatic heterocycles. The van der Waals surface area contributed by atoms with E-state index in [1.807, 2.05) is 0 Å². The molecule has 1 amide bonds. The molecule has 0 aromatic heterocycles. The summed E-state index contributed by atoms with van der Waals surface area (Å²) in [5, 5.41) is 3.03. The van der Waals surface area contributed by atoms with E-state index in [0.29, 0.717) is 10.9 Å². The summed E-state index contributed by atoms with van der Waals surface area (Å²) in [5.41, 5.74) is 5.68. The third-order valence-corrected chi connectivity index (χ3v) is 3.72. The molecule has 1 aliphatic rings. The fraction of sp³-hybridized carbons (Fsp3) is 0.846. The molecular formula is C13H24N2OS. The molecule has 17 heavy (non-hydrogen) atoms. The summed E-state index contributed by atoms with van der Waals surface area (Å²) in [6, 6.07) is -0.0758. The molecule has 2 atom stereocenters. The van der Waals surface area contributed by atoms with E-state index in [-0.39, 0.29) is 17.9 Å². The molecule has 3 N–H and O–H groups in total. The molecule has 0 bridgehead atoms. The van der Waals surface area contributed by atoms with Crippen molar-refractivity contribution in [2.24, 2.45) is 17.6 Å². The molecule has 1 rings (SSSR count). The summed E-state index contributed by atoms with van der Waals surface area (Å²) in [6.45, 7) is 4.21. The molecule has 0 radical (unpaired) electrons. The highest BCUT2D eigenvalue weighted by Gasteiger charge is 2.35. The van der Waals surface area contributed by atoms with Crippen LogP contribution < -0.4 is 11.1 Å². The summed E-state index contributed by atoms with van der Waals surface area (Å²) in [5.74, 6) is 0.733. The van der Waals surface area contributed by atoms with Gasteiger partial charge in [-0.2, -0.15) is 0 Å². The molecule has 2 unspecified atom stereocenters. The maximum atomic E-state index is 12.1. The standard InChI is InChI=1S/C13H24N2OS/c1-3-5-6-9(4-2)13(16)15-11(12(14)17)10-7-8-10/h9-11H,3-8H2,1-2H3,(H2,14,17)(H,15,16). The Morgan fingerprint density at radius 1 is 1.47 bits per heavy atom. The van der Waals surface area contributed by atoms with Crippen molar-refractivity contribution in [1.82, 2.24) is 5.32 Å². The topological polar surface area (TPSA) is 55.1 Å². The highest BCUT2D eigenvalue weighted by atomic mass is 32.1. The van der Waals surface area contributed by atoms with E-state index in [2.05, 4.69) is 19.2 Å². The predicted molar refractivity (Wildman–Crippen MR) is 74.7 cm³/mol. The average molecular weight is 256 g/mol. The van der Waals surface area contributed by atoms with Crippen LogP contribution in [0.15, 0.2) is 0 Å². The number of hydrogen-bond acceptors (Lipinski definition) is 2. The lowest BCUT2D eigenvalue weighted by atomic mass is 9.97. The van der Waals surface area contributed by atoms with Crippen LogP contribution in [0.2, 0.25) is 0 Å². The van der Waals surface area contributed by atoms with Gasteiger partial charge in [0.05, 0.1) is 11.0 Å². The van der Waals surface area contributed by atoms with E-state index in [4.69, 9.17) is 18.0 Å². The Kier molecular flexibility index (Phi) is 5.89. The van der Waals surface area contributed by atoms with Gasteiger partial charge < -0.3 is 11.1 Å². The van der Waals surface area contributed by atoms with Crippen molar-refractivity contribution in [3.8, 4) is 0 Å². The van der Waals surface area contributed by atoms with E-state index in [1.165, 1.54) is 0 Å². The van der Waals surface area contributed by atoms with Crippen LogP contribution in [0.5, 0.6) is 0 Å². The number of rotatable bonds is 8. The Morgan fingerprint density at radius 2 is 2.12 bits per heavy atom. The van der Waals surface area contributed by atoms with E-state index in [9.17, 15) is 4.79 Å². The maximum Gasteiger partial charge on any atom is 0.223 e. The first-order valence-corrected chi connectivity index (χ1v) is 7.10. The van der Waals surface area contributed by atoms with Crippen molar-refractivity contribution in [3.05, 3.63) is 0 Å². The van der Waals surface area contributed by atoms with Gasteiger partial charge in [0.15, 0.2) is 0 Å². The number of nitrogens with two attached hydrogens (primary N) is 1. The number of hydrogen-bond donors (Lipinski definition) is 2. The fourth-order valence-electron chi connectivity index (χ4n) is 2.09. The van der Waals surface area contributed by atoms with Gasteiger partial charge in [-0.15, -0.1) is 0 Å². The Hall–Kier alpha value is -0.640. The molecule has 1 aliphatic carbocycles. The molecule has 1 fully saturated rings. The van der Waals surface area contributed by atoms with Crippen LogP contribution in [-0.2, 0) is 4.79 Å². The van der Waals surface area contributed by atoms with E-state index >= 15 is 0 Å². The lowest BCUT2D eigenvalue weighted by Crippen LogP contribution is -2.47. The lowest BCUT2D eigenvalue weighted by molar-refractivity contribution is -0.125. The number of thiocarbonyl (C=S) groups is 1. The summed E-state index contributed by atoms with van der Waals surface area (Å²) < 4.78 is 0. The number of carbonyl (C=O) groups is 1. The van der Waals surface area contributed by atoms with Crippen molar-refractivity contribution < 1.29 is 4.79 Å². The maximum absolute atomic E-state index is 12.1. The average Bonchev–Trinajstić information content (AvgIpc) is 3.10. The third kappa shape index (κ3) is 4.62. The van der Waals surface area contributed by atoms with Gasteiger partial charge in [0, 0.05) is 5.92 Å². The van der Waals surface area contributed by atoms with Crippen molar-refractivity contribution in [3.63, 3.8) is 0 Å². The molecular weight excluding hydrogens is 232 g/mol. The van der Waals surface area contributed by atoms with Crippen molar-refractivity contribution in [1.29, 1.82) is 0 Å². The number of amides is 1. The van der Waals surface area contributed by atoms with Gasteiger partial charge in [0.1, 0.15) is 0 Å². The Labute approximate surface area is 110 Å². The van der Waals surface area contributed by atoms with Crippen molar-refractivity contribution >= 4 is 23.1 Å². The Bertz CT molecular complexity index is 277. The lowest BCUT2D eigenvalue weighted by Gasteiger charge is -2.21. The van der Waals surface area contributed by atoms with Crippen molar-refractivity contribution in [2.75, 3.05) is 0 Å². The largest absolute Gasteiger partial charge is 0.392 e.